The summed E-state index contributed by atoms with van der Waals surface area (Å²) in [5, 5.41) is 0. The Morgan fingerprint density at radius 3 is 1.30 bits per heavy atom. The Morgan fingerprint density at radius 2 is 0.913 bits per heavy atom. The normalized spacial score (nSPS) is 14.8. The van der Waals surface area contributed by atoms with E-state index in [4.69, 9.17) is 0 Å². The first-order chi connectivity index (χ1) is 20.4. The van der Waals surface area contributed by atoms with Gasteiger partial charge in [-0.15, -0.1) is 0 Å². The number of hydrogen-bond donors (Lipinski definition) is 0. The van der Waals surface area contributed by atoms with Gasteiger partial charge in [-0.25, -0.2) is 23.8 Å². The second-order valence-electron chi connectivity index (χ2n) is 9.40. The molecule has 0 heterocycles. The number of hydrogen-bond acceptors (Lipinski definition) is 9. The maximum Gasteiger partial charge on any atom is 0.423 e. The lowest BCUT2D eigenvalue weighted by Crippen LogP contribution is -2.52. The van der Waals surface area contributed by atoms with Crippen LogP contribution < -0.4 is 0 Å². The van der Waals surface area contributed by atoms with Crippen molar-refractivity contribution >= 4 is 17.5 Å². The second kappa shape index (κ2) is 15.2. The molecule has 0 aliphatic heterocycles. The number of alkyl halides is 13. The van der Waals surface area contributed by atoms with E-state index in [0.717, 1.165) is 6.92 Å². The smallest absolute Gasteiger partial charge is 0.423 e. The van der Waals surface area contributed by atoms with E-state index in [9.17, 15) is 67.1 Å². The van der Waals surface area contributed by atoms with E-state index in [1.807, 2.05) is 0 Å². The van der Waals surface area contributed by atoms with Crippen molar-refractivity contribution in [3.05, 3.63) is 36.5 Å². The van der Waals surface area contributed by atoms with Crippen LogP contribution in [0.1, 0.15) is 20.8 Å². The van der Waals surface area contributed by atoms with Crippen molar-refractivity contribution in [2.45, 2.75) is 62.3 Å². The third-order valence-electron chi connectivity index (χ3n) is 4.94. The fraction of sp³-hybridized carbons (Fsp3) is 0.625. The minimum atomic E-state index is -5.85. The van der Waals surface area contributed by atoms with Crippen LogP contribution in [0.2, 0.25) is 0 Å². The first-order valence-corrected chi connectivity index (χ1v) is 11.8. The number of esters is 1. The SMILES string of the molecule is C=C(C)C(=O)OCC(F)(F)C(F)(F)OCC(F)(COOCC(F)(F)C(F)(F)C(=O)C(=C)C)OOCC(F)(F)C(F)(F)C(=O)C(=C)C. The number of Topliss-reactive ketones (excluding diaryl/α,β-unsaturated/α-hetero) is 2. The van der Waals surface area contributed by atoms with Crippen LogP contribution in [-0.2, 0) is 43.4 Å². The van der Waals surface area contributed by atoms with E-state index in [1.54, 1.807) is 0 Å². The minimum Gasteiger partial charge on any atom is -0.456 e. The third-order valence-corrected chi connectivity index (χ3v) is 4.94. The molecule has 0 spiro atoms. The van der Waals surface area contributed by atoms with E-state index in [-0.39, 0.29) is 0 Å². The van der Waals surface area contributed by atoms with Crippen molar-refractivity contribution in [3.63, 3.8) is 0 Å². The molecule has 46 heavy (non-hydrogen) atoms. The summed E-state index contributed by atoms with van der Waals surface area (Å²) < 4.78 is 189. The standard InChI is InChI=1S/C24H25F13O9/c1-12(2)15(38)22(32,33)19(26,27)10-44-43-8-18(25,46-45-11-20(28,29)23(34,35)16(39)13(3)4)7-42-24(36,37)21(30,31)9-41-17(40)14(5)6/h1,3,5,7-11H2,2,4,6H3. The highest BCUT2D eigenvalue weighted by Crippen LogP contribution is 2.40. The highest BCUT2D eigenvalue weighted by Gasteiger charge is 2.64. The molecule has 0 saturated heterocycles. The number of ether oxygens (including phenoxy) is 2. The van der Waals surface area contributed by atoms with Gasteiger partial charge < -0.3 is 9.47 Å². The van der Waals surface area contributed by atoms with Crippen LogP contribution in [0, 0.1) is 0 Å². The van der Waals surface area contributed by atoms with Crippen LogP contribution in [0.3, 0.4) is 0 Å². The largest absolute Gasteiger partial charge is 0.456 e. The van der Waals surface area contributed by atoms with Gasteiger partial charge in [0.1, 0.15) is 13.2 Å². The van der Waals surface area contributed by atoms with E-state index >= 15 is 4.39 Å². The van der Waals surface area contributed by atoms with Gasteiger partial charge in [0.25, 0.3) is 5.85 Å². The van der Waals surface area contributed by atoms with Crippen LogP contribution in [0.15, 0.2) is 36.5 Å². The van der Waals surface area contributed by atoms with Crippen LogP contribution >= 0.6 is 0 Å². The van der Waals surface area contributed by atoms with Crippen LogP contribution in [-0.4, -0.2) is 92.1 Å². The molecule has 0 radical (unpaired) electrons. The summed E-state index contributed by atoms with van der Waals surface area (Å²) in [6.45, 7) is -2.29. The Labute approximate surface area is 250 Å². The van der Waals surface area contributed by atoms with Crippen LogP contribution in [0.25, 0.3) is 0 Å². The van der Waals surface area contributed by atoms with Gasteiger partial charge in [-0.3, -0.25) is 9.59 Å². The fourth-order valence-corrected chi connectivity index (χ4v) is 2.26. The fourth-order valence-electron chi connectivity index (χ4n) is 2.26. The molecule has 0 fully saturated rings. The molecule has 0 aliphatic rings. The molecule has 1 unspecified atom stereocenters. The quantitative estimate of drug-likeness (QED) is 0.0348. The average Bonchev–Trinajstić information content (AvgIpc) is 2.91. The molecular formula is C24H25F13O9. The van der Waals surface area contributed by atoms with Gasteiger partial charge in [0.15, 0.2) is 19.8 Å². The maximum atomic E-state index is 15.1. The van der Waals surface area contributed by atoms with Crippen molar-refractivity contribution in [1.82, 2.24) is 0 Å². The maximum absolute atomic E-state index is 15.1. The van der Waals surface area contributed by atoms with Crippen molar-refractivity contribution in [3.8, 4) is 0 Å². The molecule has 0 saturated carbocycles. The van der Waals surface area contributed by atoms with Gasteiger partial charge in [0.05, 0.1) is 0 Å². The zero-order chi connectivity index (χ0) is 36.7. The Bertz CT molecular complexity index is 1170. The summed E-state index contributed by atoms with van der Waals surface area (Å²) in [6.07, 6.45) is -5.85. The molecule has 9 nitrogen and oxygen atoms in total. The molecule has 0 N–H and O–H groups in total. The number of allylic oxidation sites excluding steroid dienone is 2. The van der Waals surface area contributed by atoms with Crippen molar-refractivity contribution in [1.29, 1.82) is 0 Å². The van der Waals surface area contributed by atoms with E-state index < -0.39 is 109 Å². The topological polar surface area (TPSA) is 107 Å². The molecule has 0 aliphatic carbocycles. The molecule has 0 aromatic rings. The van der Waals surface area contributed by atoms with E-state index in [0.29, 0.717) is 13.8 Å². The zero-order valence-electron chi connectivity index (χ0n) is 23.7. The van der Waals surface area contributed by atoms with Crippen molar-refractivity contribution < 1.29 is 100 Å². The van der Waals surface area contributed by atoms with Crippen molar-refractivity contribution in [2.24, 2.45) is 0 Å². The van der Waals surface area contributed by atoms with Gasteiger partial charge >= 0.3 is 41.7 Å². The Kier molecular flexibility index (Phi) is 14.2. The zero-order valence-corrected chi connectivity index (χ0v) is 23.7. The number of rotatable bonds is 22. The molecule has 0 aromatic carbocycles. The number of halogens is 13. The lowest BCUT2D eigenvalue weighted by Gasteiger charge is -2.30. The number of carbonyl (C=O) groups excluding carboxylic acids is 3. The van der Waals surface area contributed by atoms with Gasteiger partial charge in [-0.05, 0) is 31.9 Å². The monoisotopic (exact) mass is 704 g/mol. The second-order valence-corrected chi connectivity index (χ2v) is 9.40. The average molecular weight is 704 g/mol. The summed E-state index contributed by atoms with van der Waals surface area (Å²) in [7, 11) is 0. The summed E-state index contributed by atoms with van der Waals surface area (Å²) in [4.78, 5) is 48.2. The summed E-state index contributed by atoms with van der Waals surface area (Å²) in [5.41, 5.74) is -2.70. The van der Waals surface area contributed by atoms with Gasteiger partial charge in [-0.2, -0.15) is 57.6 Å². The van der Waals surface area contributed by atoms with E-state index in [2.05, 4.69) is 48.8 Å². The summed E-state index contributed by atoms with van der Waals surface area (Å²) >= 11 is 0. The van der Waals surface area contributed by atoms with E-state index in [1.165, 1.54) is 0 Å². The first-order valence-electron chi connectivity index (χ1n) is 11.8. The van der Waals surface area contributed by atoms with Gasteiger partial charge in [0, 0.05) is 5.57 Å². The Balaban J connectivity index is 5.91. The molecule has 1 atom stereocenters. The molecule has 266 valence electrons. The number of ketones is 2. The predicted molar refractivity (Wildman–Crippen MR) is 124 cm³/mol. The highest BCUT2D eigenvalue weighted by atomic mass is 19.3. The Hall–Kier alpha value is -3.08. The van der Waals surface area contributed by atoms with Crippen LogP contribution in [0.5, 0.6) is 0 Å². The molecule has 0 aromatic heterocycles. The number of carbonyl (C=O) groups is 3. The van der Waals surface area contributed by atoms with Crippen LogP contribution in [0.4, 0.5) is 57.1 Å². The van der Waals surface area contributed by atoms with Gasteiger partial charge in [-0.1, -0.05) is 19.7 Å². The Morgan fingerprint density at radius 1 is 0.522 bits per heavy atom. The predicted octanol–water partition coefficient (Wildman–Crippen LogP) is 5.74. The third kappa shape index (κ3) is 10.7. The molecule has 0 amide bonds. The molecule has 0 rings (SSSR count). The molecule has 22 heteroatoms. The summed E-state index contributed by atoms with van der Waals surface area (Å²) in [6, 6.07) is 0. The lowest BCUT2D eigenvalue weighted by atomic mass is 10.0. The molecule has 0 bridgehead atoms. The van der Waals surface area contributed by atoms with Gasteiger partial charge in [0.2, 0.25) is 11.6 Å². The first kappa shape index (κ1) is 42.9. The van der Waals surface area contributed by atoms with Crippen molar-refractivity contribution in [2.75, 3.05) is 33.0 Å². The minimum absolute atomic E-state index is 0.537. The lowest BCUT2D eigenvalue weighted by molar-refractivity contribution is -0.466. The highest BCUT2D eigenvalue weighted by molar-refractivity contribution is 6.01. The molecular weight excluding hydrogens is 679 g/mol. The summed E-state index contributed by atoms with van der Waals surface area (Å²) in [5.74, 6) is -38.8.